The van der Waals surface area contributed by atoms with Crippen molar-refractivity contribution < 1.29 is 4.79 Å². The second-order valence-corrected chi connectivity index (χ2v) is 7.87. The van der Waals surface area contributed by atoms with Gasteiger partial charge < -0.3 is 0 Å². The third-order valence-electron chi connectivity index (χ3n) is 4.68. The van der Waals surface area contributed by atoms with E-state index >= 15 is 0 Å². The Kier molecular flexibility index (Phi) is 4.81. The molecule has 1 N–H and O–H groups in total. The van der Waals surface area contributed by atoms with E-state index in [1.165, 1.54) is 22.0 Å². The zero-order valence-electron chi connectivity index (χ0n) is 14.9. The summed E-state index contributed by atoms with van der Waals surface area (Å²) in [7, 11) is 0. The van der Waals surface area contributed by atoms with Gasteiger partial charge in [0.1, 0.15) is 11.4 Å². The van der Waals surface area contributed by atoms with E-state index in [0.717, 1.165) is 35.2 Å². The van der Waals surface area contributed by atoms with E-state index in [2.05, 4.69) is 27.4 Å². The SMILES string of the molecule is C[C@@H]1CCc2c(sc3ncn(CC(=O)N/N=C\c4cccnc4)c(=O)c23)C1. The number of carbonyl (C=O) groups is 1. The van der Waals surface area contributed by atoms with E-state index in [4.69, 9.17) is 0 Å². The van der Waals surface area contributed by atoms with Gasteiger partial charge in [-0.15, -0.1) is 11.3 Å². The molecule has 8 heteroatoms. The van der Waals surface area contributed by atoms with Crippen LogP contribution in [0.5, 0.6) is 0 Å². The minimum atomic E-state index is -0.379. The molecule has 0 unspecified atom stereocenters. The van der Waals surface area contributed by atoms with Crippen LogP contribution in [0, 0.1) is 5.92 Å². The fraction of sp³-hybridized carbons (Fsp3) is 0.316. The van der Waals surface area contributed by atoms with Crippen LogP contribution in [-0.4, -0.2) is 26.7 Å². The summed E-state index contributed by atoms with van der Waals surface area (Å²) in [6, 6.07) is 3.61. The van der Waals surface area contributed by atoms with Crippen molar-refractivity contribution in [1.82, 2.24) is 20.0 Å². The first-order valence-corrected chi connectivity index (χ1v) is 9.65. The van der Waals surface area contributed by atoms with Gasteiger partial charge in [-0.3, -0.25) is 19.1 Å². The molecule has 27 heavy (non-hydrogen) atoms. The molecule has 1 aliphatic rings. The lowest BCUT2D eigenvalue weighted by molar-refractivity contribution is -0.121. The number of hydrazone groups is 1. The highest BCUT2D eigenvalue weighted by Crippen LogP contribution is 2.35. The molecule has 0 saturated carbocycles. The molecule has 0 radical (unpaired) electrons. The maximum Gasteiger partial charge on any atom is 0.262 e. The predicted molar refractivity (Wildman–Crippen MR) is 105 cm³/mol. The van der Waals surface area contributed by atoms with E-state index in [-0.39, 0.29) is 18.0 Å². The summed E-state index contributed by atoms with van der Waals surface area (Å²) in [6.45, 7) is 2.11. The number of rotatable bonds is 4. The van der Waals surface area contributed by atoms with Crippen LogP contribution in [0.4, 0.5) is 0 Å². The number of hydrogen-bond acceptors (Lipinski definition) is 6. The third-order valence-corrected chi connectivity index (χ3v) is 5.85. The normalized spacial score (nSPS) is 16.6. The highest BCUT2D eigenvalue weighted by Gasteiger charge is 2.23. The zero-order valence-corrected chi connectivity index (χ0v) is 15.7. The van der Waals surface area contributed by atoms with Crippen LogP contribution in [0.2, 0.25) is 0 Å². The van der Waals surface area contributed by atoms with E-state index < -0.39 is 0 Å². The first-order valence-electron chi connectivity index (χ1n) is 8.83. The van der Waals surface area contributed by atoms with Crippen LogP contribution in [0.1, 0.15) is 29.3 Å². The molecule has 3 aromatic heterocycles. The predicted octanol–water partition coefficient (Wildman–Crippen LogP) is 2.13. The van der Waals surface area contributed by atoms with Gasteiger partial charge >= 0.3 is 0 Å². The van der Waals surface area contributed by atoms with Crippen LogP contribution >= 0.6 is 11.3 Å². The molecule has 3 aromatic rings. The Morgan fingerprint density at radius 3 is 3.22 bits per heavy atom. The average molecular weight is 381 g/mol. The highest BCUT2D eigenvalue weighted by atomic mass is 32.1. The molecule has 1 atom stereocenters. The number of thiophene rings is 1. The molecule has 0 aromatic carbocycles. The molecule has 4 rings (SSSR count). The Morgan fingerprint density at radius 1 is 1.52 bits per heavy atom. The molecule has 0 saturated heterocycles. The number of nitrogens with zero attached hydrogens (tertiary/aromatic N) is 4. The summed E-state index contributed by atoms with van der Waals surface area (Å²) in [5, 5.41) is 4.58. The number of aromatic nitrogens is 3. The molecule has 1 aliphatic carbocycles. The number of pyridine rings is 1. The fourth-order valence-corrected chi connectivity index (χ4v) is 4.64. The third kappa shape index (κ3) is 3.66. The number of nitrogens with one attached hydrogen (secondary N) is 1. The lowest BCUT2D eigenvalue weighted by Crippen LogP contribution is -2.30. The van der Waals surface area contributed by atoms with Crippen molar-refractivity contribution >= 4 is 33.7 Å². The summed E-state index contributed by atoms with van der Waals surface area (Å²) in [5.41, 5.74) is 4.18. The number of carbonyl (C=O) groups excluding carboxylic acids is 1. The topological polar surface area (TPSA) is 89.2 Å². The van der Waals surface area contributed by atoms with Gasteiger partial charge in [-0.05, 0) is 36.8 Å². The lowest BCUT2D eigenvalue weighted by atomic mass is 9.89. The van der Waals surface area contributed by atoms with Crippen LogP contribution < -0.4 is 11.0 Å². The first-order chi connectivity index (χ1) is 13.1. The van der Waals surface area contributed by atoms with Crippen molar-refractivity contribution in [2.24, 2.45) is 11.0 Å². The molecule has 0 aliphatic heterocycles. The van der Waals surface area contributed by atoms with Crippen LogP contribution in [-0.2, 0) is 24.2 Å². The van der Waals surface area contributed by atoms with E-state index in [1.54, 1.807) is 29.8 Å². The molecule has 0 spiro atoms. The fourth-order valence-electron chi connectivity index (χ4n) is 3.30. The van der Waals surface area contributed by atoms with Gasteiger partial charge in [0.2, 0.25) is 0 Å². The quantitative estimate of drug-likeness (QED) is 0.554. The molecule has 1 amide bonds. The van der Waals surface area contributed by atoms with Crippen molar-refractivity contribution in [3.63, 3.8) is 0 Å². The van der Waals surface area contributed by atoms with E-state index in [0.29, 0.717) is 11.3 Å². The summed E-state index contributed by atoms with van der Waals surface area (Å²) in [4.78, 5) is 35.4. The zero-order chi connectivity index (χ0) is 18.8. The maximum atomic E-state index is 12.9. The maximum absolute atomic E-state index is 12.9. The minimum Gasteiger partial charge on any atom is -0.289 e. The summed E-state index contributed by atoms with van der Waals surface area (Å²) in [6.07, 6.45) is 9.23. The van der Waals surface area contributed by atoms with Crippen molar-refractivity contribution in [1.29, 1.82) is 0 Å². The van der Waals surface area contributed by atoms with Crippen LogP contribution in [0.15, 0.2) is 40.7 Å². The Labute approximate surface area is 159 Å². The van der Waals surface area contributed by atoms with Gasteiger partial charge in [-0.25, -0.2) is 10.4 Å². The van der Waals surface area contributed by atoms with E-state index in [9.17, 15) is 9.59 Å². The number of aryl methyl sites for hydroxylation is 1. The highest BCUT2D eigenvalue weighted by molar-refractivity contribution is 7.18. The number of amides is 1. The minimum absolute atomic E-state index is 0.118. The molecular formula is C19H19N5O2S. The summed E-state index contributed by atoms with van der Waals surface area (Å²) >= 11 is 1.60. The average Bonchev–Trinajstić information content (AvgIpc) is 3.03. The van der Waals surface area contributed by atoms with E-state index in [1.807, 2.05) is 6.07 Å². The standard InChI is InChI=1S/C19H19N5O2S/c1-12-4-5-14-15(7-12)27-18-17(14)19(26)24(11-21-18)10-16(25)23-22-9-13-3-2-6-20-8-13/h2-3,6,8-9,11-12H,4-5,7,10H2,1H3,(H,23,25)/b22-9-/t12-/m1/s1. The van der Waals surface area contributed by atoms with Gasteiger partial charge in [-0.1, -0.05) is 13.0 Å². The smallest absolute Gasteiger partial charge is 0.262 e. The second kappa shape index (κ2) is 7.40. The number of hydrogen-bond donors (Lipinski definition) is 1. The van der Waals surface area contributed by atoms with Crippen LogP contribution in [0.3, 0.4) is 0 Å². The van der Waals surface area contributed by atoms with Gasteiger partial charge in [0.25, 0.3) is 11.5 Å². The van der Waals surface area contributed by atoms with Crippen molar-refractivity contribution in [3.8, 4) is 0 Å². The monoisotopic (exact) mass is 381 g/mol. The first kappa shape index (κ1) is 17.5. The Balaban J connectivity index is 1.52. The van der Waals surface area contributed by atoms with Crippen molar-refractivity contribution in [2.45, 2.75) is 32.7 Å². The Morgan fingerprint density at radius 2 is 2.41 bits per heavy atom. The lowest BCUT2D eigenvalue weighted by Gasteiger charge is -2.17. The Bertz CT molecular complexity index is 1070. The number of fused-ring (bicyclic) bond motifs is 3. The van der Waals surface area contributed by atoms with Gasteiger partial charge in [0.05, 0.1) is 17.9 Å². The molecule has 0 fully saturated rings. The summed E-state index contributed by atoms with van der Waals surface area (Å²) < 4.78 is 1.35. The largest absolute Gasteiger partial charge is 0.289 e. The van der Waals surface area contributed by atoms with Crippen molar-refractivity contribution in [2.75, 3.05) is 0 Å². The molecule has 0 bridgehead atoms. The molecule has 7 nitrogen and oxygen atoms in total. The van der Waals surface area contributed by atoms with Crippen molar-refractivity contribution in [3.05, 3.63) is 57.2 Å². The van der Waals surface area contributed by atoms with Gasteiger partial charge in [0.15, 0.2) is 0 Å². The Hall–Kier alpha value is -2.87. The molecular weight excluding hydrogens is 362 g/mol. The summed E-state index contributed by atoms with van der Waals surface area (Å²) in [5.74, 6) is 0.257. The second-order valence-electron chi connectivity index (χ2n) is 6.79. The molecule has 138 valence electrons. The van der Waals surface area contributed by atoms with Gasteiger partial charge in [0, 0.05) is 22.8 Å². The molecule has 3 heterocycles. The van der Waals surface area contributed by atoms with Crippen LogP contribution in [0.25, 0.3) is 10.2 Å². The van der Waals surface area contributed by atoms with Gasteiger partial charge in [-0.2, -0.15) is 5.10 Å².